The SMILES string of the molecule is Cc1ccc2nc(N3CCS(=O)c4ccccc4C3)cc(NCC3(N)CCOC3)c2c1. The Morgan fingerprint density at radius 3 is 2.97 bits per heavy atom. The van der Waals surface area contributed by atoms with Gasteiger partial charge in [-0.05, 0) is 37.1 Å². The minimum Gasteiger partial charge on any atom is -0.382 e. The Bertz CT molecular complexity index is 1140. The molecule has 3 aromatic rings. The second-order valence-corrected chi connectivity index (χ2v) is 10.2. The number of nitrogens with one attached hydrogen (secondary N) is 1. The maximum atomic E-state index is 12.7. The van der Waals surface area contributed by atoms with E-state index in [-0.39, 0.29) is 5.54 Å². The quantitative estimate of drug-likeness (QED) is 0.654. The lowest BCUT2D eigenvalue weighted by Gasteiger charge is -2.26. The Morgan fingerprint density at radius 2 is 2.13 bits per heavy atom. The van der Waals surface area contributed by atoms with Crippen molar-refractivity contribution in [1.82, 2.24) is 4.98 Å². The number of fused-ring (bicyclic) bond motifs is 2. The molecule has 2 atom stereocenters. The summed E-state index contributed by atoms with van der Waals surface area (Å²) in [6, 6.07) is 16.4. The highest BCUT2D eigenvalue weighted by Gasteiger charge is 2.30. The number of hydrogen-bond acceptors (Lipinski definition) is 6. The first-order chi connectivity index (χ1) is 15.0. The highest BCUT2D eigenvalue weighted by atomic mass is 32.2. The van der Waals surface area contributed by atoms with E-state index in [4.69, 9.17) is 15.5 Å². The van der Waals surface area contributed by atoms with Gasteiger partial charge in [-0.15, -0.1) is 0 Å². The normalized spacial score (nSPS) is 23.5. The third-order valence-corrected chi connectivity index (χ3v) is 7.61. The zero-order valence-electron chi connectivity index (χ0n) is 17.8. The number of aromatic nitrogens is 1. The first kappa shape index (κ1) is 20.4. The van der Waals surface area contributed by atoms with E-state index in [9.17, 15) is 4.21 Å². The lowest BCUT2D eigenvalue weighted by molar-refractivity contribution is 0.180. The average molecular weight is 437 g/mol. The highest BCUT2D eigenvalue weighted by Crippen LogP contribution is 2.31. The fourth-order valence-corrected chi connectivity index (χ4v) is 5.57. The van der Waals surface area contributed by atoms with Crippen LogP contribution in [0.5, 0.6) is 0 Å². The molecule has 0 radical (unpaired) electrons. The molecule has 0 bridgehead atoms. The molecule has 5 rings (SSSR count). The predicted octanol–water partition coefficient (Wildman–Crippen LogP) is 3.20. The van der Waals surface area contributed by atoms with Crippen molar-refractivity contribution >= 4 is 33.2 Å². The van der Waals surface area contributed by atoms with Crippen LogP contribution in [0.15, 0.2) is 53.4 Å². The molecule has 0 spiro atoms. The van der Waals surface area contributed by atoms with E-state index in [1.807, 2.05) is 18.2 Å². The Hall–Kier alpha value is -2.48. The predicted molar refractivity (Wildman–Crippen MR) is 126 cm³/mol. The lowest BCUT2D eigenvalue weighted by Crippen LogP contribution is -2.46. The van der Waals surface area contributed by atoms with Crippen molar-refractivity contribution in [2.75, 3.05) is 42.3 Å². The van der Waals surface area contributed by atoms with Crippen LogP contribution in [0, 0.1) is 6.92 Å². The second kappa shape index (κ2) is 8.22. The Kier molecular flexibility index (Phi) is 5.42. The van der Waals surface area contributed by atoms with Crippen LogP contribution in [-0.4, -0.2) is 46.8 Å². The molecule has 7 heteroatoms. The molecule has 2 unspecified atom stereocenters. The molecule has 3 heterocycles. The number of benzene rings is 2. The first-order valence-electron chi connectivity index (χ1n) is 10.7. The van der Waals surface area contributed by atoms with Gasteiger partial charge < -0.3 is 20.7 Å². The molecule has 3 N–H and O–H groups in total. The molecule has 1 saturated heterocycles. The van der Waals surface area contributed by atoms with Gasteiger partial charge in [0.15, 0.2) is 0 Å². The fraction of sp³-hybridized carbons (Fsp3) is 0.375. The molecule has 162 valence electrons. The number of ether oxygens (including phenoxy) is 1. The van der Waals surface area contributed by atoms with Gasteiger partial charge >= 0.3 is 0 Å². The standard InChI is InChI=1S/C24H28N4O2S/c1-17-6-7-20-19(12-17)21(26-15-24(25)8-10-30-16-24)13-23(27-20)28-9-11-31(29)22-5-3-2-4-18(22)14-28/h2-7,12-13H,8-11,14-16,25H2,1H3,(H,26,27). The van der Waals surface area contributed by atoms with Gasteiger partial charge in [-0.25, -0.2) is 4.98 Å². The van der Waals surface area contributed by atoms with Crippen LogP contribution in [0.1, 0.15) is 17.5 Å². The van der Waals surface area contributed by atoms with E-state index in [1.54, 1.807) is 0 Å². The van der Waals surface area contributed by atoms with Crippen LogP contribution < -0.4 is 16.0 Å². The van der Waals surface area contributed by atoms with Crippen LogP contribution in [0.4, 0.5) is 11.5 Å². The minimum absolute atomic E-state index is 0.349. The van der Waals surface area contributed by atoms with E-state index < -0.39 is 10.8 Å². The number of anilines is 2. The molecule has 6 nitrogen and oxygen atoms in total. The van der Waals surface area contributed by atoms with Gasteiger partial charge in [0.2, 0.25) is 0 Å². The molecule has 0 aliphatic carbocycles. The minimum atomic E-state index is -0.989. The largest absolute Gasteiger partial charge is 0.382 e. The number of pyridine rings is 1. The molecule has 2 aromatic carbocycles. The number of nitrogens with two attached hydrogens (primary N) is 1. The summed E-state index contributed by atoms with van der Waals surface area (Å²) >= 11 is 0. The van der Waals surface area contributed by atoms with E-state index in [0.29, 0.717) is 38.6 Å². The van der Waals surface area contributed by atoms with E-state index in [2.05, 4.69) is 47.5 Å². The summed E-state index contributed by atoms with van der Waals surface area (Å²) in [6.45, 7) is 5.41. The third kappa shape index (κ3) is 4.18. The van der Waals surface area contributed by atoms with Gasteiger partial charge in [-0.3, -0.25) is 4.21 Å². The molecular formula is C24H28N4O2S. The summed E-state index contributed by atoms with van der Waals surface area (Å²) < 4.78 is 18.2. The van der Waals surface area contributed by atoms with Gasteiger partial charge in [0.1, 0.15) is 5.82 Å². The zero-order chi connectivity index (χ0) is 21.4. The van der Waals surface area contributed by atoms with Crippen LogP contribution >= 0.6 is 0 Å². The Balaban J connectivity index is 1.52. The monoisotopic (exact) mass is 436 g/mol. The van der Waals surface area contributed by atoms with E-state index in [1.165, 1.54) is 5.56 Å². The fourth-order valence-electron chi connectivity index (χ4n) is 4.31. The number of aryl methyl sites for hydroxylation is 1. The molecule has 2 aliphatic heterocycles. The summed E-state index contributed by atoms with van der Waals surface area (Å²) in [4.78, 5) is 8.13. The Morgan fingerprint density at radius 1 is 1.26 bits per heavy atom. The number of hydrogen-bond donors (Lipinski definition) is 2. The lowest BCUT2D eigenvalue weighted by atomic mass is 10.00. The smallest absolute Gasteiger partial charge is 0.131 e. The maximum absolute atomic E-state index is 12.7. The summed E-state index contributed by atoms with van der Waals surface area (Å²) in [5.74, 6) is 1.48. The number of rotatable bonds is 4. The van der Waals surface area contributed by atoms with Gasteiger partial charge in [0.25, 0.3) is 0 Å². The molecule has 1 aromatic heterocycles. The summed E-state index contributed by atoms with van der Waals surface area (Å²) in [5, 5.41) is 4.68. The topological polar surface area (TPSA) is 80.5 Å². The van der Waals surface area contributed by atoms with E-state index in [0.717, 1.165) is 39.3 Å². The van der Waals surface area contributed by atoms with Gasteiger partial charge in [0, 0.05) is 54.0 Å². The molecule has 31 heavy (non-hydrogen) atoms. The molecule has 0 amide bonds. The van der Waals surface area contributed by atoms with Crippen molar-refractivity contribution in [1.29, 1.82) is 0 Å². The van der Waals surface area contributed by atoms with Crippen molar-refractivity contribution in [3.05, 3.63) is 59.7 Å². The van der Waals surface area contributed by atoms with Crippen LogP contribution in [0.2, 0.25) is 0 Å². The maximum Gasteiger partial charge on any atom is 0.131 e. The molecule has 2 aliphatic rings. The highest BCUT2D eigenvalue weighted by molar-refractivity contribution is 7.85. The van der Waals surface area contributed by atoms with Gasteiger partial charge in [-0.1, -0.05) is 29.8 Å². The molecule has 1 fully saturated rings. The van der Waals surface area contributed by atoms with Crippen LogP contribution in [0.3, 0.4) is 0 Å². The molecule has 0 saturated carbocycles. The van der Waals surface area contributed by atoms with Crippen LogP contribution in [0.25, 0.3) is 10.9 Å². The Labute approximate surface area is 185 Å². The first-order valence-corrected chi connectivity index (χ1v) is 12.1. The second-order valence-electron chi connectivity index (χ2n) is 8.65. The summed E-state index contributed by atoms with van der Waals surface area (Å²) in [6.07, 6.45) is 0.851. The molecular weight excluding hydrogens is 408 g/mol. The van der Waals surface area contributed by atoms with E-state index >= 15 is 0 Å². The number of nitrogens with zero attached hydrogens (tertiary/aromatic N) is 2. The van der Waals surface area contributed by atoms with Crippen molar-refractivity contribution in [3.63, 3.8) is 0 Å². The average Bonchev–Trinajstić information content (AvgIpc) is 3.13. The third-order valence-electron chi connectivity index (χ3n) is 6.17. The zero-order valence-corrected chi connectivity index (χ0v) is 18.6. The summed E-state index contributed by atoms with van der Waals surface area (Å²) in [7, 11) is -0.989. The van der Waals surface area contributed by atoms with Gasteiger partial charge in [0.05, 0.1) is 28.5 Å². The van der Waals surface area contributed by atoms with Gasteiger partial charge in [-0.2, -0.15) is 0 Å². The summed E-state index contributed by atoms with van der Waals surface area (Å²) in [5.41, 5.74) is 10.4. The van der Waals surface area contributed by atoms with Crippen molar-refractivity contribution in [3.8, 4) is 0 Å². The van der Waals surface area contributed by atoms with Crippen molar-refractivity contribution in [2.45, 2.75) is 30.3 Å². The van der Waals surface area contributed by atoms with Crippen LogP contribution in [-0.2, 0) is 22.1 Å². The van der Waals surface area contributed by atoms with Crippen molar-refractivity contribution < 1.29 is 8.95 Å². The van der Waals surface area contributed by atoms with Crippen molar-refractivity contribution in [2.24, 2.45) is 5.73 Å².